The highest BCUT2D eigenvalue weighted by Gasteiger charge is 2.38. The van der Waals surface area contributed by atoms with Crippen molar-refractivity contribution in [2.75, 3.05) is 0 Å². The lowest BCUT2D eigenvalue weighted by molar-refractivity contribution is 0.0772. The zero-order valence-electron chi connectivity index (χ0n) is 6.62. The van der Waals surface area contributed by atoms with Crippen molar-refractivity contribution in [1.82, 2.24) is 0 Å². The van der Waals surface area contributed by atoms with Crippen molar-refractivity contribution in [3.05, 3.63) is 0 Å². The number of hydrogen-bond donors (Lipinski definition) is 6. The van der Waals surface area contributed by atoms with Crippen LogP contribution in [0.25, 0.3) is 0 Å². The minimum Gasteiger partial charge on any atom is -0.392 e. The maximum Gasteiger partial charge on any atom is 0.142 e. The van der Waals surface area contributed by atoms with Crippen molar-refractivity contribution < 1.29 is 10.2 Å². The standard InChI is InChI=1S/C6H14O2S4/c1-2-3(7)4(9)6(8,12)5(10)11/h3-5,7-12H,2H2,1H3. The van der Waals surface area contributed by atoms with Gasteiger partial charge < -0.3 is 10.2 Å². The summed E-state index contributed by atoms with van der Waals surface area (Å²) in [6.07, 6.45) is -0.205. The van der Waals surface area contributed by atoms with Crippen LogP contribution in [0.1, 0.15) is 13.3 Å². The van der Waals surface area contributed by atoms with Crippen molar-refractivity contribution in [3.8, 4) is 0 Å². The van der Waals surface area contributed by atoms with Crippen molar-refractivity contribution >= 4 is 50.5 Å². The van der Waals surface area contributed by atoms with E-state index in [1.165, 1.54) is 0 Å². The summed E-state index contributed by atoms with van der Waals surface area (Å²) in [5.74, 6) is 0. The van der Waals surface area contributed by atoms with Crippen LogP contribution in [-0.2, 0) is 0 Å². The molecule has 0 spiro atoms. The van der Waals surface area contributed by atoms with Crippen molar-refractivity contribution in [2.45, 2.75) is 34.2 Å². The zero-order chi connectivity index (χ0) is 9.94. The van der Waals surface area contributed by atoms with Gasteiger partial charge >= 0.3 is 0 Å². The zero-order valence-corrected chi connectivity index (χ0v) is 10.2. The maximum absolute atomic E-state index is 9.64. The summed E-state index contributed by atoms with van der Waals surface area (Å²) in [6, 6.07) is 0. The van der Waals surface area contributed by atoms with E-state index in [9.17, 15) is 10.2 Å². The second-order valence-corrected chi connectivity index (χ2v) is 5.29. The first-order valence-electron chi connectivity index (χ1n) is 3.51. The van der Waals surface area contributed by atoms with Crippen molar-refractivity contribution in [3.63, 3.8) is 0 Å². The van der Waals surface area contributed by atoms with E-state index < -0.39 is 20.9 Å². The number of thiol groups is 4. The number of aliphatic hydroxyl groups excluding tert-OH is 1. The molecule has 0 aliphatic carbocycles. The summed E-state index contributed by atoms with van der Waals surface area (Å²) < 4.78 is -0.649. The van der Waals surface area contributed by atoms with Crippen LogP contribution in [0.2, 0.25) is 0 Å². The third-order valence-corrected chi connectivity index (χ3v) is 4.27. The Morgan fingerprint density at radius 2 is 1.75 bits per heavy atom. The molecule has 0 aliphatic rings. The molecule has 0 rings (SSSR count). The summed E-state index contributed by atoms with van der Waals surface area (Å²) in [7, 11) is 0. The fraction of sp³-hybridized carbons (Fsp3) is 1.00. The van der Waals surface area contributed by atoms with Gasteiger partial charge in [0.05, 0.1) is 15.9 Å². The first-order chi connectivity index (χ1) is 5.34. The second-order valence-electron chi connectivity index (χ2n) is 2.58. The minimum atomic E-state index is -1.48. The molecule has 0 amide bonds. The third-order valence-electron chi connectivity index (χ3n) is 1.60. The highest BCUT2D eigenvalue weighted by molar-refractivity contribution is 8.01. The van der Waals surface area contributed by atoms with Gasteiger partial charge in [0.2, 0.25) is 0 Å². The molecule has 2 N–H and O–H groups in total. The number of aliphatic hydroxyl groups is 2. The minimum absolute atomic E-state index is 0.505. The molecule has 3 unspecified atom stereocenters. The molecule has 0 heterocycles. The fourth-order valence-electron chi connectivity index (χ4n) is 0.659. The average molecular weight is 246 g/mol. The molecule has 2 nitrogen and oxygen atoms in total. The SMILES string of the molecule is CCC(O)C(S)C(O)(S)C(S)S. The van der Waals surface area contributed by atoms with Crippen LogP contribution >= 0.6 is 50.5 Å². The lowest BCUT2D eigenvalue weighted by Crippen LogP contribution is -2.46. The third kappa shape index (κ3) is 3.23. The van der Waals surface area contributed by atoms with Crippen LogP contribution < -0.4 is 0 Å². The maximum atomic E-state index is 9.64. The smallest absolute Gasteiger partial charge is 0.142 e. The highest BCUT2D eigenvalue weighted by Crippen LogP contribution is 2.32. The van der Waals surface area contributed by atoms with E-state index in [4.69, 9.17) is 0 Å². The summed E-state index contributed by atoms with van der Waals surface area (Å²) in [6.45, 7) is 1.80. The normalized spacial score (nSPS) is 22.0. The Hall–Kier alpha value is 1.32. The molecule has 0 bridgehead atoms. The summed E-state index contributed by atoms with van der Waals surface area (Å²) in [5, 5.41) is 18.3. The van der Waals surface area contributed by atoms with Crippen LogP contribution in [0.3, 0.4) is 0 Å². The van der Waals surface area contributed by atoms with Crippen LogP contribution in [0.15, 0.2) is 0 Å². The molecule has 0 aromatic carbocycles. The van der Waals surface area contributed by atoms with E-state index in [0.29, 0.717) is 6.42 Å². The first-order valence-corrected chi connectivity index (χ1v) is 5.50. The van der Waals surface area contributed by atoms with E-state index in [2.05, 4.69) is 50.5 Å². The van der Waals surface area contributed by atoms with Gasteiger partial charge in [0, 0.05) is 0 Å². The molecule has 74 valence electrons. The van der Waals surface area contributed by atoms with Gasteiger partial charge in [0.15, 0.2) is 0 Å². The van der Waals surface area contributed by atoms with E-state index >= 15 is 0 Å². The predicted molar refractivity (Wildman–Crippen MR) is 64.8 cm³/mol. The van der Waals surface area contributed by atoms with Gasteiger partial charge in [0.25, 0.3) is 0 Å². The molecule has 0 radical (unpaired) electrons. The lowest BCUT2D eigenvalue weighted by atomic mass is 10.1. The second kappa shape index (κ2) is 5.26. The van der Waals surface area contributed by atoms with Crippen LogP contribution in [0, 0.1) is 0 Å². The Morgan fingerprint density at radius 1 is 1.33 bits per heavy atom. The van der Waals surface area contributed by atoms with Crippen molar-refractivity contribution in [2.24, 2.45) is 0 Å². The molecule has 6 heteroatoms. The molecular weight excluding hydrogens is 232 g/mol. The molecule has 0 saturated heterocycles. The molecule has 0 aromatic rings. The van der Waals surface area contributed by atoms with Gasteiger partial charge in [-0.25, -0.2) is 0 Å². The van der Waals surface area contributed by atoms with Gasteiger partial charge in [-0.2, -0.15) is 37.9 Å². The molecular formula is C6H14O2S4. The molecule has 0 fully saturated rings. The Bertz CT molecular complexity index is 140. The van der Waals surface area contributed by atoms with E-state index in [1.54, 1.807) is 6.92 Å². The van der Waals surface area contributed by atoms with Crippen LogP contribution in [0.5, 0.6) is 0 Å². The molecule has 0 aliphatic heterocycles. The van der Waals surface area contributed by atoms with Gasteiger partial charge in [-0.3, -0.25) is 0 Å². The van der Waals surface area contributed by atoms with E-state index in [-0.39, 0.29) is 0 Å². The molecule has 0 saturated carbocycles. The largest absolute Gasteiger partial charge is 0.392 e. The quantitative estimate of drug-likeness (QED) is 0.329. The number of rotatable bonds is 4. The average Bonchev–Trinajstić information content (AvgIpc) is 2.01. The highest BCUT2D eigenvalue weighted by atomic mass is 32.2. The van der Waals surface area contributed by atoms with E-state index in [1.807, 2.05) is 0 Å². The predicted octanol–water partition coefficient (Wildman–Crippen LogP) is 0.860. The van der Waals surface area contributed by atoms with Crippen LogP contribution in [-0.4, -0.2) is 31.1 Å². The Balaban J connectivity index is 4.34. The van der Waals surface area contributed by atoms with Gasteiger partial charge in [-0.1, -0.05) is 6.92 Å². The van der Waals surface area contributed by atoms with Gasteiger partial charge in [-0.05, 0) is 6.42 Å². The van der Waals surface area contributed by atoms with Crippen molar-refractivity contribution in [1.29, 1.82) is 0 Å². The van der Waals surface area contributed by atoms with Crippen LogP contribution in [0.4, 0.5) is 0 Å². The Kier molecular flexibility index (Phi) is 5.84. The summed E-state index contributed by atoms with van der Waals surface area (Å²) >= 11 is 15.8. The lowest BCUT2D eigenvalue weighted by Gasteiger charge is -2.33. The molecule has 0 aromatic heterocycles. The first kappa shape index (κ1) is 13.3. The molecule has 3 atom stereocenters. The Morgan fingerprint density at radius 3 is 2.00 bits per heavy atom. The topological polar surface area (TPSA) is 40.5 Å². The number of hydrogen-bond acceptors (Lipinski definition) is 6. The van der Waals surface area contributed by atoms with E-state index in [0.717, 1.165) is 0 Å². The van der Waals surface area contributed by atoms with Gasteiger partial charge in [-0.15, -0.1) is 12.6 Å². The summed E-state index contributed by atoms with van der Waals surface area (Å²) in [4.78, 5) is -1.48. The molecule has 12 heavy (non-hydrogen) atoms. The van der Waals surface area contributed by atoms with Gasteiger partial charge in [0.1, 0.15) is 4.93 Å². The summed E-state index contributed by atoms with van der Waals surface area (Å²) in [5.41, 5.74) is 0. The Labute approximate surface area is 94.8 Å². The fourth-order valence-corrected chi connectivity index (χ4v) is 1.75. The monoisotopic (exact) mass is 246 g/mol.